The van der Waals surface area contributed by atoms with Gasteiger partial charge in [-0.1, -0.05) is 0 Å². The molecule has 2 aromatic rings. The quantitative estimate of drug-likeness (QED) is 0.305. The molecule has 3 N–H and O–H groups in total. The van der Waals surface area contributed by atoms with Crippen molar-refractivity contribution in [3.05, 3.63) is 29.8 Å². The lowest BCUT2D eigenvalue weighted by Crippen LogP contribution is -2.46. The van der Waals surface area contributed by atoms with Crippen molar-refractivity contribution in [2.45, 2.75) is 58.3 Å². The zero-order valence-electron chi connectivity index (χ0n) is 21.9. The summed E-state index contributed by atoms with van der Waals surface area (Å²) in [6, 6.07) is 3.37. The smallest absolute Gasteiger partial charge is 0.410 e. The second-order valence-corrected chi connectivity index (χ2v) is 10.5. The fraction of sp³-hybridized carbons (Fsp3) is 0.565. The van der Waals surface area contributed by atoms with Crippen molar-refractivity contribution in [1.82, 2.24) is 19.9 Å². The third-order valence-electron chi connectivity index (χ3n) is 6.11. The molecular formula is C23H33N8O6P. The van der Waals surface area contributed by atoms with E-state index < -0.39 is 14.0 Å². The number of aliphatic hydroxyl groups is 1. The monoisotopic (exact) mass is 548 g/mol. The van der Waals surface area contributed by atoms with Crippen LogP contribution in [0.4, 0.5) is 16.3 Å². The summed E-state index contributed by atoms with van der Waals surface area (Å²) in [6.07, 6.45) is 1.26. The number of carbonyl (C=O) groups is 1. The van der Waals surface area contributed by atoms with Crippen LogP contribution in [-0.4, -0.2) is 69.6 Å². The standard InChI is InChI=1S/C23H33N8O6P/c1-14(2)36-23(33)29-10-7-16(8-11-29)37-22-20(35-4)21(25-13-26-22)30(24)31-18-6-5-17(27-15(18)3)19(32)9-12-38(34)28-31/h5-6,13-14,16,19,32H,7-12,24H2,1-4H3. The van der Waals surface area contributed by atoms with Gasteiger partial charge in [0.2, 0.25) is 11.6 Å². The number of likely N-dealkylation sites (tertiary alicyclic amines) is 1. The van der Waals surface area contributed by atoms with Gasteiger partial charge in [-0.15, -0.1) is 5.12 Å². The van der Waals surface area contributed by atoms with Crippen molar-refractivity contribution in [1.29, 1.82) is 0 Å². The van der Waals surface area contributed by atoms with Gasteiger partial charge >= 0.3 is 6.09 Å². The van der Waals surface area contributed by atoms with Gasteiger partial charge in [0.15, 0.2) is 7.94 Å². The molecule has 0 aromatic carbocycles. The lowest BCUT2D eigenvalue weighted by Gasteiger charge is -2.32. The van der Waals surface area contributed by atoms with E-state index in [-0.39, 0.29) is 48.3 Å². The van der Waals surface area contributed by atoms with E-state index in [1.807, 2.05) is 13.8 Å². The minimum absolute atomic E-state index is 0.128. The summed E-state index contributed by atoms with van der Waals surface area (Å²) in [5, 5.41) is 12.7. The Hall–Kier alpha value is -3.32. The first-order valence-corrected chi connectivity index (χ1v) is 13.8. The number of nitrogens with two attached hydrogens (primary N) is 1. The van der Waals surface area contributed by atoms with Crippen LogP contribution in [0, 0.1) is 6.92 Å². The highest BCUT2D eigenvalue weighted by Gasteiger charge is 2.30. The molecule has 0 saturated carbocycles. The van der Waals surface area contributed by atoms with Gasteiger partial charge < -0.3 is 29.1 Å². The van der Waals surface area contributed by atoms with Crippen molar-refractivity contribution < 1.29 is 29.0 Å². The van der Waals surface area contributed by atoms with Gasteiger partial charge in [0.1, 0.15) is 24.3 Å². The Kier molecular flexibility index (Phi) is 8.77. The Morgan fingerprint density at radius 2 is 2.00 bits per heavy atom. The zero-order valence-corrected chi connectivity index (χ0v) is 22.7. The van der Waals surface area contributed by atoms with Gasteiger partial charge in [-0.3, -0.25) is 4.98 Å². The van der Waals surface area contributed by atoms with Gasteiger partial charge in [-0.25, -0.2) is 15.6 Å². The summed E-state index contributed by atoms with van der Waals surface area (Å²) in [5.74, 6) is 6.94. The second kappa shape index (κ2) is 12.0. The molecule has 0 radical (unpaired) electrons. The number of piperidine rings is 1. The first kappa shape index (κ1) is 27.7. The van der Waals surface area contributed by atoms with E-state index >= 15 is 0 Å². The van der Waals surface area contributed by atoms with Crippen LogP contribution in [0.3, 0.4) is 0 Å². The lowest BCUT2D eigenvalue weighted by molar-refractivity contribution is -0.156. The third-order valence-corrected chi connectivity index (χ3v) is 7.12. The topological polar surface area (TPSA) is 175 Å². The molecular weight excluding hydrogens is 515 g/mol. The highest BCUT2D eigenvalue weighted by atomic mass is 31.1. The average molecular weight is 549 g/mol. The van der Waals surface area contributed by atoms with Gasteiger partial charge in [-0.2, -0.15) is 10.1 Å². The van der Waals surface area contributed by atoms with E-state index in [2.05, 4.69) is 19.8 Å². The number of nitrogens with zero attached hydrogens (tertiary/aromatic N) is 7. The predicted molar refractivity (Wildman–Crippen MR) is 137 cm³/mol. The Morgan fingerprint density at radius 3 is 2.66 bits per heavy atom. The average Bonchev–Trinajstić information content (AvgIpc) is 2.89. The number of aryl methyl sites for hydroxylation is 1. The van der Waals surface area contributed by atoms with Crippen LogP contribution in [0.5, 0.6) is 11.6 Å². The van der Waals surface area contributed by atoms with Crippen molar-refractivity contribution >= 4 is 25.5 Å². The molecule has 15 heteroatoms. The summed E-state index contributed by atoms with van der Waals surface area (Å²) in [7, 11) is -0.655. The molecule has 5 heterocycles. The molecule has 38 heavy (non-hydrogen) atoms. The summed E-state index contributed by atoms with van der Waals surface area (Å²) < 4.78 is 17.0. The van der Waals surface area contributed by atoms with Crippen LogP contribution in [0.25, 0.3) is 0 Å². The van der Waals surface area contributed by atoms with Crippen LogP contribution in [-0.2, 0) is 4.74 Å². The first-order valence-electron chi connectivity index (χ1n) is 12.4. The number of hydrazine groups is 2. The SMILES string of the molecule is COc1c(OC2CCN(C(=O)OC(C)C)CC2)ncnc1N(N)N1/N=[P+](\[O-])CCC(O)c2ccc1c(C)n2. The maximum absolute atomic E-state index is 12.7. The van der Waals surface area contributed by atoms with Crippen molar-refractivity contribution in [2.24, 2.45) is 10.7 Å². The van der Waals surface area contributed by atoms with E-state index in [4.69, 9.17) is 20.1 Å². The fourth-order valence-electron chi connectivity index (χ4n) is 4.15. The zero-order chi connectivity index (χ0) is 27.4. The number of ether oxygens (including phenoxy) is 3. The number of hydrogen-bond donors (Lipinski definition) is 2. The fourth-order valence-corrected chi connectivity index (χ4v) is 5.08. The van der Waals surface area contributed by atoms with Crippen molar-refractivity contribution in [3.63, 3.8) is 0 Å². The number of carbonyl (C=O) groups excluding carboxylic acids is 1. The minimum atomic E-state index is -2.10. The number of hydrogen-bond acceptors (Lipinski definition) is 13. The molecule has 2 unspecified atom stereocenters. The Morgan fingerprint density at radius 1 is 1.26 bits per heavy atom. The van der Waals surface area contributed by atoms with E-state index in [1.165, 1.54) is 18.6 Å². The number of aliphatic hydroxyl groups excluding tert-OH is 1. The summed E-state index contributed by atoms with van der Waals surface area (Å²) in [5.41, 5.74) is 1.47. The molecule has 14 nitrogen and oxygen atoms in total. The summed E-state index contributed by atoms with van der Waals surface area (Å²) >= 11 is 0. The van der Waals surface area contributed by atoms with E-state index in [1.54, 1.807) is 24.0 Å². The van der Waals surface area contributed by atoms with Crippen LogP contribution >= 0.6 is 7.94 Å². The van der Waals surface area contributed by atoms with Gasteiger partial charge in [0, 0.05) is 37.2 Å². The van der Waals surface area contributed by atoms with E-state index in [0.29, 0.717) is 43.0 Å². The molecule has 0 spiro atoms. The molecule has 1 saturated heterocycles. The Labute approximate surface area is 221 Å². The number of amides is 1. The van der Waals surface area contributed by atoms with Gasteiger partial charge in [0.25, 0.3) is 5.88 Å². The highest BCUT2D eigenvalue weighted by molar-refractivity contribution is 7.39. The second-order valence-electron chi connectivity index (χ2n) is 9.22. The highest BCUT2D eigenvalue weighted by Crippen LogP contribution is 2.38. The largest absolute Gasteiger partial charge is 0.610 e. The molecule has 2 atom stereocenters. The molecule has 1 fully saturated rings. The Balaban J connectivity index is 1.56. The van der Waals surface area contributed by atoms with Gasteiger partial charge in [0.05, 0.1) is 30.7 Å². The number of anilines is 2. The third kappa shape index (κ3) is 6.21. The molecule has 3 aliphatic rings. The summed E-state index contributed by atoms with van der Waals surface area (Å²) in [4.78, 5) is 43.8. The predicted octanol–water partition coefficient (Wildman–Crippen LogP) is 1.97. The Bertz CT molecular complexity index is 1180. The maximum atomic E-state index is 12.7. The van der Waals surface area contributed by atoms with E-state index in [0.717, 1.165) is 5.12 Å². The number of rotatable bonds is 6. The van der Waals surface area contributed by atoms with Crippen LogP contribution in [0.15, 0.2) is 23.3 Å². The number of pyridine rings is 1. The van der Waals surface area contributed by atoms with Crippen molar-refractivity contribution in [2.75, 3.05) is 36.6 Å². The molecule has 3 aliphatic heterocycles. The molecule has 5 rings (SSSR count). The normalized spacial score (nSPS) is 19.7. The van der Waals surface area contributed by atoms with Crippen LogP contribution in [0.1, 0.15) is 50.6 Å². The van der Waals surface area contributed by atoms with Crippen molar-refractivity contribution in [3.8, 4) is 11.6 Å². The molecule has 2 aromatic heterocycles. The molecule has 0 aliphatic carbocycles. The minimum Gasteiger partial charge on any atom is -0.610 e. The molecule has 2 bridgehead atoms. The van der Waals surface area contributed by atoms with Gasteiger partial charge in [-0.05, 0) is 32.9 Å². The lowest BCUT2D eigenvalue weighted by atomic mass is 10.1. The number of aromatic nitrogens is 3. The molecule has 206 valence electrons. The number of methoxy groups -OCH3 is 1. The first-order chi connectivity index (χ1) is 18.2. The summed E-state index contributed by atoms with van der Waals surface area (Å²) in [6.45, 7) is 6.33. The molecule has 1 amide bonds. The maximum Gasteiger partial charge on any atom is 0.410 e. The van der Waals surface area contributed by atoms with Crippen LogP contribution in [0.2, 0.25) is 0 Å². The van der Waals surface area contributed by atoms with E-state index in [9.17, 15) is 14.8 Å². The number of fused-ring (bicyclic) bond motifs is 6. The van der Waals surface area contributed by atoms with Crippen LogP contribution < -0.4 is 30.4 Å².